The second kappa shape index (κ2) is 9.57. The first-order valence-corrected chi connectivity index (χ1v) is 9.81. The van der Waals surface area contributed by atoms with E-state index in [1.165, 1.54) is 6.21 Å². The second-order valence-corrected chi connectivity index (χ2v) is 6.77. The number of aromatic nitrogens is 3. The number of hydrogen-bond donors (Lipinski definition) is 1. The molecule has 0 aliphatic rings. The number of carbonyl (C=O) groups excluding carboxylic acids is 1. The maximum atomic E-state index is 12.4. The highest BCUT2D eigenvalue weighted by Crippen LogP contribution is 2.26. The van der Waals surface area contributed by atoms with Gasteiger partial charge in [0, 0.05) is 11.1 Å². The molecule has 1 N–H and O–H groups in total. The van der Waals surface area contributed by atoms with E-state index in [1.54, 1.807) is 55.3 Å². The van der Waals surface area contributed by atoms with Crippen molar-refractivity contribution in [2.75, 3.05) is 14.2 Å². The summed E-state index contributed by atoms with van der Waals surface area (Å²) in [6.07, 6.45) is 3.38. The molecule has 0 unspecified atom stereocenters. The molecule has 3 aromatic carbocycles. The molecule has 1 heterocycles. The van der Waals surface area contributed by atoms with E-state index in [1.807, 2.05) is 42.6 Å². The predicted octanol–water partition coefficient (Wildman–Crippen LogP) is 3.72. The maximum absolute atomic E-state index is 12.4. The maximum Gasteiger partial charge on any atom is 0.271 e. The SMILES string of the molecule is COc1ccc(/C=N/NC(=O)c2ccc(-n3cc(-c4ccccc4)nn3)cc2)cc1OC. The van der Waals surface area contributed by atoms with E-state index in [-0.39, 0.29) is 5.91 Å². The Bertz CT molecular complexity index is 1230. The van der Waals surface area contributed by atoms with E-state index in [2.05, 4.69) is 20.8 Å². The molecular formula is C24H21N5O3. The number of rotatable bonds is 7. The Morgan fingerprint density at radius 2 is 1.72 bits per heavy atom. The monoisotopic (exact) mass is 427 g/mol. The number of hydrazone groups is 1. The molecule has 0 aliphatic carbocycles. The molecule has 0 radical (unpaired) electrons. The van der Waals surface area contributed by atoms with E-state index in [0.29, 0.717) is 17.1 Å². The Hall–Kier alpha value is -4.46. The number of hydrogen-bond acceptors (Lipinski definition) is 6. The summed E-state index contributed by atoms with van der Waals surface area (Å²) in [5.74, 6) is 0.885. The highest BCUT2D eigenvalue weighted by Gasteiger charge is 2.08. The van der Waals surface area contributed by atoms with Crippen LogP contribution in [0.5, 0.6) is 11.5 Å². The summed E-state index contributed by atoms with van der Waals surface area (Å²) in [5.41, 5.74) is 6.32. The van der Waals surface area contributed by atoms with Crippen molar-refractivity contribution in [2.45, 2.75) is 0 Å². The van der Waals surface area contributed by atoms with Gasteiger partial charge in [-0.1, -0.05) is 35.5 Å². The smallest absolute Gasteiger partial charge is 0.271 e. The largest absolute Gasteiger partial charge is 0.493 e. The lowest BCUT2D eigenvalue weighted by atomic mass is 10.2. The number of nitrogens with one attached hydrogen (secondary N) is 1. The first-order valence-electron chi connectivity index (χ1n) is 9.81. The highest BCUT2D eigenvalue weighted by molar-refractivity contribution is 5.95. The van der Waals surface area contributed by atoms with Crippen LogP contribution < -0.4 is 14.9 Å². The van der Waals surface area contributed by atoms with E-state index in [0.717, 1.165) is 22.5 Å². The Morgan fingerprint density at radius 3 is 2.44 bits per heavy atom. The van der Waals surface area contributed by atoms with Gasteiger partial charge in [0.15, 0.2) is 11.5 Å². The Balaban J connectivity index is 1.40. The van der Waals surface area contributed by atoms with Crippen molar-refractivity contribution in [3.8, 4) is 28.4 Å². The van der Waals surface area contributed by atoms with E-state index in [9.17, 15) is 4.79 Å². The third-order valence-corrected chi connectivity index (χ3v) is 4.74. The van der Waals surface area contributed by atoms with Gasteiger partial charge >= 0.3 is 0 Å². The lowest BCUT2D eigenvalue weighted by Crippen LogP contribution is -2.17. The van der Waals surface area contributed by atoms with Crippen LogP contribution in [-0.2, 0) is 0 Å². The first-order chi connectivity index (χ1) is 15.7. The summed E-state index contributed by atoms with van der Waals surface area (Å²) < 4.78 is 12.1. The lowest BCUT2D eigenvalue weighted by molar-refractivity contribution is 0.0955. The number of nitrogens with zero attached hydrogens (tertiary/aromatic N) is 4. The predicted molar refractivity (Wildman–Crippen MR) is 121 cm³/mol. The Morgan fingerprint density at radius 1 is 0.969 bits per heavy atom. The molecule has 160 valence electrons. The Kier molecular flexibility index (Phi) is 6.22. The fraction of sp³-hybridized carbons (Fsp3) is 0.0833. The van der Waals surface area contributed by atoms with Crippen molar-refractivity contribution in [1.29, 1.82) is 0 Å². The summed E-state index contributed by atoms with van der Waals surface area (Å²) in [5, 5.41) is 12.4. The summed E-state index contributed by atoms with van der Waals surface area (Å²) in [6, 6.07) is 22.2. The van der Waals surface area contributed by atoms with Gasteiger partial charge < -0.3 is 9.47 Å². The van der Waals surface area contributed by atoms with Crippen LogP contribution in [0.15, 0.2) is 84.1 Å². The van der Waals surface area contributed by atoms with Gasteiger partial charge in [0.1, 0.15) is 5.69 Å². The number of amides is 1. The zero-order valence-electron chi connectivity index (χ0n) is 17.6. The van der Waals surface area contributed by atoms with Crippen molar-refractivity contribution in [1.82, 2.24) is 20.4 Å². The van der Waals surface area contributed by atoms with Gasteiger partial charge in [-0.05, 0) is 48.0 Å². The third-order valence-electron chi connectivity index (χ3n) is 4.74. The van der Waals surface area contributed by atoms with Crippen LogP contribution in [0.1, 0.15) is 15.9 Å². The second-order valence-electron chi connectivity index (χ2n) is 6.77. The molecule has 0 aliphatic heterocycles. The zero-order chi connectivity index (χ0) is 22.3. The first kappa shape index (κ1) is 20.8. The molecule has 0 atom stereocenters. The molecule has 4 rings (SSSR count). The normalized spacial score (nSPS) is 10.8. The van der Waals surface area contributed by atoms with Gasteiger partial charge in [0.05, 0.1) is 32.3 Å². The molecule has 1 amide bonds. The molecule has 0 saturated heterocycles. The number of benzene rings is 3. The van der Waals surface area contributed by atoms with Crippen LogP contribution in [-0.4, -0.2) is 41.3 Å². The zero-order valence-corrected chi connectivity index (χ0v) is 17.6. The van der Waals surface area contributed by atoms with Crippen LogP contribution in [0.3, 0.4) is 0 Å². The minimum Gasteiger partial charge on any atom is -0.493 e. The van der Waals surface area contributed by atoms with E-state index >= 15 is 0 Å². The van der Waals surface area contributed by atoms with Gasteiger partial charge in [-0.3, -0.25) is 4.79 Å². The number of methoxy groups -OCH3 is 2. The van der Waals surface area contributed by atoms with Crippen LogP contribution in [0, 0.1) is 0 Å². The molecular weight excluding hydrogens is 406 g/mol. The molecule has 0 bridgehead atoms. The van der Waals surface area contributed by atoms with Crippen molar-refractivity contribution in [2.24, 2.45) is 5.10 Å². The summed E-state index contributed by atoms with van der Waals surface area (Å²) in [7, 11) is 3.13. The molecule has 0 saturated carbocycles. The average molecular weight is 427 g/mol. The molecule has 0 fully saturated rings. The van der Waals surface area contributed by atoms with Gasteiger partial charge in [0.25, 0.3) is 5.91 Å². The number of ether oxygens (including phenoxy) is 2. The van der Waals surface area contributed by atoms with Gasteiger partial charge in [-0.2, -0.15) is 5.10 Å². The number of carbonyl (C=O) groups is 1. The van der Waals surface area contributed by atoms with Crippen LogP contribution in [0.4, 0.5) is 0 Å². The molecule has 8 nitrogen and oxygen atoms in total. The van der Waals surface area contributed by atoms with Gasteiger partial charge in [-0.15, -0.1) is 5.10 Å². The van der Waals surface area contributed by atoms with Crippen LogP contribution >= 0.6 is 0 Å². The minimum atomic E-state index is -0.322. The van der Waals surface area contributed by atoms with Crippen molar-refractivity contribution in [3.05, 3.63) is 90.1 Å². The fourth-order valence-corrected chi connectivity index (χ4v) is 3.06. The molecule has 0 spiro atoms. The summed E-state index contributed by atoms with van der Waals surface area (Å²) >= 11 is 0. The van der Waals surface area contributed by atoms with Crippen molar-refractivity contribution >= 4 is 12.1 Å². The van der Waals surface area contributed by atoms with E-state index in [4.69, 9.17) is 9.47 Å². The minimum absolute atomic E-state index is 0.322. The Labute approximate surface area is 185 Å². The quantitative estimate of drug-likeness (QED) is 0.359. The standard InChI is InChI=1S/C24H21N5O3/c1-31-22-13-8-17(14-23(22)32-2)15-25-27-24(30)19-9-11-20(12-10-19)29-16-21(26-28-29)18-6-4-3-5-7-18/h3-16H,1-2H3,(H,27,30)/b25-15+. The fourth-order valence-electron chi connectivity index (χ4n) is 3.06. The highest BCUT2D eigenvalue weighted by atomic mass is 16.5. The van der Waals surface area contributed by atoms with E-state index < -0.39 is 0 Å². The van der Waals surface area contributed by atoms with Gasteiger partial charge in [-0.25, -0.2) is 10.1 Å². The molecule has 4 aromatic rings. The summed E-state index contributed by atoms with van der Waals surface area (Å²) in [6.45, 7) is 0. The lowest BCUT2D eigenvalue weighted by Gasteiger charge is -2.07. The third kappa shape index (κ3) is 4.65. The molecule has 8 heteroatoms. The van der Waals surface area contributed by atoms with Gasteiger partial charge in [0.2, 0.25) is 0 Å². The van der Waals surface area contributed by atoms with Crippen LogP contribution in [0.25, 0.3) is 16.9 Å². The topological polar surface area (TPSA) is 90.6 Å². The van der Waals surface area contributed by atoms with Crippen LogP contribution in [0.2, 0.25) is 0 Å². The molecule has 1 aromatic heterocycles. The molecule has 32 heavy (non-hydrogen) atoms. The van der Waals surface area contributed by atoms with Crippen molar-refractivity contribution in [3.63, 3.8) is 0 Å². The summed E-state index contributed by atoms with van der Waals surface area (Å²) in [4.78, 5) is 12.4. The average Bonchev–Trinajstić information content (AvgIpc) is 3.35. The van der Waals surface area contributed by atoms with Crippen molar-refractivity contribution < 1.29 is 14.3 Å².